The van der Waals surface area contributed by atoms with Crippen molar-refractivity contribution in [3.8, 4) is 0 Å². The van der Waals surface area contributed by atoms with E-state index in [9.17, 15) is 14.4 Å². The Labute approximate surface area is 279 Å². The second-order valence-electron chi connectivity index (χ2n) is 11.9. The number of fused-ring (bicyclic) bond motifs is 1. The Morgan fingerprint density at radius 1 is 0.833 bits per heavy atom. The molecule has 1 fully saturated rings. The summed E-state index contributed by atoms with van der Waals surface area (Å²) in [5.41, 5.74) is 5.63. The molecule has 11 heteroatoms. The zero-order valence-electron chi connectivity index (χ0n) is 27.1. The molecular formula is C37H39N7O4. The topological polar surface area (TPSA) is 123 Å². The molecule has 6 rings (SSSR count). The van der Waals surface area contributed by atoms with Crippen LogP contribution in [0.1, 0.15) is 37.7 Å². The predicted molar refractivity (Wildman–Crippen MR) is 188 cm³/mol. The number of morpholine rings is 1. The summed E-state index contributed by atoms with van der Waals surface area (Å²) in [5, 5.41) is 9.84. The van der Waals surface area contributed by atoms with E-state index >= 15 is 0 Å². The van der Waals surface area contributed by atoms with Crippen LogP contribution in [0, 0.1) is 0 Å². The van der Waals surface area contributed by atoms with Crippen LogP contribution < -0.4 is 16.0 Å². The first kappa shape index (κ1) is 32.4. The molecule has 2 aromatic carbocycles. The van der Waals surface area contributed by atoms with Crippen molar-refractivity contribution in [2.75, 3.05) is 50.0 Å². The molecule has 0 aliphatic carbocycles. The van der Waals surface area contributed by atoms with Gasteiger partial charge in [-0.1, -0.05) is 42.5 Å². The van der Waals surface area contributed by atoms with E-state index in [1.807, 2.05) is 66.4 Å². The lowest BCUT2D eigenvalue weighted by Gasteiger charge is -2.26. The molecule has 0 spiro atoms. The van der Waals surface area contributed by atoms with E-state index in [4.69, 9.17) is 4.74 Å². The molecule has 5 aromatic rings. The number of pyridine rings is 1. The van der Waals surface area contributed by atoms with Crippen LogP contribution in [0.5, 0.6) is 0 Å². The van der Waals surface area contributed by atoms with Crippen molar-refractivity contribution in [2.45, 2.75) is 6.42 Å². The molecule has 0 radical (unpaired) electrons. The SMILES string of the molecule is Cn1cc(NC(=O)c2cc(NC(=O)c3ccc(/C=C/c4cnc5ccccc5c4)cc3)cn2C)cc1CC(=O)NCCN1CCOCC1. The largest absolute Gasteiger partial charge is 0.379 e. The van der Waals surface area contributed by atoms with Crippen LogP contribution in [0.4, 0.5) is 11.4 Å². The number of para-hydroxylation sites is 1. The third-order valence-electron chi connectivity index (χ3n) is 8.31. The van der Waals surface area contributed by atoms with Gasteiger partial charge in [0.2, 0.25) is 5.91 Å². The number of nitrogens with zero attached hydrogens (tertiary/aromatic N) is 4. The average molecular weight is 646 g/mol. The highest BCUT2D eigenvalue weighted by atomic mass is 16.5. The van der Waals surface area contributed by atoms with Crippen LogP contribution >= 0.6 is 0 Å². The van der Waals surface area contributed by atoms with Crippen LogP contribution in [0.15, 0.2) is 85.3 Å². The van der Waals surface area contributed by atoms with Crippen molar-refractivity contribution in [1.82, 2.24) is 24.3 Å². The maximum absolute atomic E-state index is 13.1. The summed E-state index contributed by atoms with van der Waals surface area (Å²) in [6.07, 6.45) is 9.48. The maximum Gasteiger partial charge on any atom is 0.272 e. The summed E-state index contributed by atoms with van der Waals surface area (Å²) in [5.74, 6) is -0.685. The second-order valence-corrected chi connectivity index (χ2v) is 11.9. The standard InChI is InChI=1S/C37H39N7O4/c1-42-24-30(20-32(42)22-35(45)38-13-14-44-15-17-48-18-16-44)41-37(47)34-21-31(25-43(34)2)40-36(46)28-11-9-26(10-12-28)7-8-27-19-29-5-3-4-6-33(29)39-23-27/h3-12,19-21,23-25H,13-18,22H2,1-2H3,(H,38,45)(H,40,46)(H,41,47)/b8-7+. The number of ether oxygens (including phenoxy) is 1. The van der Waals surface area contributed by atoms with Gasteiger partial charge in [-0.15, -0.1) is 0 Å². The molecule has 0 atom stereocenters. The van der Waals surface area contributed by atoms with Gasteiger partial charge in [0.05, 0.1) is 36.5 Å². The number of hydrogen-bond acceptors (Lipinski definition) is 6. The lowest BCUT2D eigenvalue weighted by atomic mass is 10.1. The minimum Gasteiger partial charge on any atom is -0.379 e. The quantitative estimate of drug-likeness (QED) is 0.193. The van der Waals surface area contributed by atoms with Crippen LogP contribution in [0.3, 0.4) is 0 Å². The first-order valence-electron chi connectivity index (χ1n) is 15.9. The number of anilines is 2. The second kappa shape index (κ2) is 14.9. The minimum absolute atomic E-state index is 0.0742. The van der Waals surface area contributed by atoms with E-state index in [2.05, 4.69) is 31.9 Å². The van der Waals surface area contributed by atoms with E-state index in [0.29, 0.717) is 29.2 Å². The van der Waals surface area contributed by atoms with E-state index in [1.54, 1.807) is 48.3 Å². The summed E-state index contributed by atoms with van der Waals surface area (Å²) >= 11 is 0. The van der Waals surface area contributed by atoms with E-state index < -0.39 is 0 Å². The lowest BCUT2D eigenvalue weighted by Crippen LogP contribution is -2.41. The van der Waals surface area contributed by atoms with Gasteiger partial charge in [0.25, 0.3) is 11.8 Å². The van der Waals surface area contributed by atoms with Gasteiger partial charge in [-0.3, -0.25) is 24.3 Å². The monoisotopic (exact) mass is 645 g/mol. The molecule has 246 valence electrons. The van der Waals surface area contributed by atoms with Crippen molar-refractivity contribution < 1.29 is 19.1 Å². The molecule has 1 aliphatic rings. The number of carbonyl (C=O) groups is 3. The van der Waals surface area contributed by atoms with Crippen LogP contribution in [-0.4, -0.2) is 76.1 Å². The van der Waals surface area contributed by atoms with Crippen molar-refractivity contribution in [3.05, 3.63) is 113 Å². The van der Waals surface area contributed by atoms with Crippen LogP contribution in [0.2, 0.25) is 0 Å². The number of benzene rings is 2. The Morgan fingerprint density at radius 2 is 1.54 bits per heavy atom. The van der Waals surface area contributed by atoms with Crippen molar-refractivity contribution in [1.29, 1.82) is 0 Å². The van der Waals surface area contributed by atoms with Gasteiger partial charge in [-0.2, -0.15) is 0 Å². The van der Waals surface area contributed by atoms with Gasteiger partial charge in [-0.05, 0) is 47.5 Å². The Morgan fingerprint density at radius 3 is 2.35 bits per heavy atom. The Balaban J connectivity index is 1.00. The molecule has 0 bridgehead atoms. The normalized spacial score (nSPS) is 13.5. The number of nitrogens with one attached hydrogen (secondary N) is 3. The zero-order valence-corrected chi connectivity index (χ0v) is 27.1. The third-order valence-corrected chi connectivity index (χ3v) is 8.31. The summed E-state index contributed by atoms with van der Waals surface area (Å²) in [4.78, 5) is 45.4. The molecule has 1 saturated heterocycles. The van der Waals surface area contributed by atoms with Crippen molar-refractivity contribution in [3.63, 3.8) is 0 Å². The summed E-state index contributed by atoms with van der Waals surface area (Å²) in [6.45, 7) is 4.58. The fourth-order valence-electron chi connectivity index (χ4n) is 5.63. The number of carbonyl (C=O) groups excluding carboxylic acids is 3. The zero-order chi connectivity index (χ0) is 33.5. The fourth-order valence-corrected chi connectivity index (χ4v) is 5.63. The van der Waals surface area contributed by atoms with E-state index in [0.717, 1.165) is 60.6 Å². The van der Waals surface area contributed by atoms with Gasteiger partial charge in [0.1, 0.15) is 5.69 Å². The van der Waals surface area contributed by atoms with Gasteiger partial charge in [0.15, 0.2) is 0 Å². The summed E-state index contributed by atoms with van der Waals surface area (Å²) in [7, 11) is 3.59. The Bertz CT molecular complexity index is 1950. The maximum atomic E-state index is 13.1. The summed E-state index contributed by atoms with van der Waals surface area (Å²) < 4.78 is 8.85. The first-order chi connectivity index (χ1) is 23.3. The van der Waals surface area contributed by atoms with Gasteiger partial charge in [-0.25, -0.2) is 0 Å². The molecule has 11 nitrogen and oxygen atoms in total. The van der Waals surface area contributed by atoms with Gasteiger partial charge in [0, 0.05) is 75.5 Å². The molecular weight excluding hydrogens is 606 g/mol. The number of rotatable bonds is 11. The average Bonchev–Trinajstić information content (AvgIpc) is 3.64. The van der Waals surface area contributed by atoms with Gasteiger partial charge >= 0.3 is 0 Å². The number of aryl methyl sites for hydroxylation is 2. The Kier molecular flexibility index (Phi) is 10.1. The fraction of sp³-hybridized carbons (Fsp3) is 0.243. The molecule has 4 heterocycles. The number of amides is 3. The number of hydrogen-bond donors (Lipinski definition) is 3. The number of aromatic nitrogens is 3. The molecule has 0 saturated carbocycles. The van der Waals surface area contributed by atoms with Crippen LogP contribution in [0.25, 0.3) is 23.1 Å². The smallest absolute Gasteiger partial charge is 0.272 e. The molecule has 3 N–H and O–H groups in total. The van der Waals surface area contributed by atoms with E-state index in [1.165, 1.54) is 0 Å². The molecule has 1 aliphatic heterocycles. The third kappa shape index (κ3) is 8.24. The highest BCUT2D eigenvalue weighted by Crippen LogP contribution is 2.19. The molecule has 48 heavy (non-hydrogen) atoms. The van der Waals surface area contributed by atoms with Crippen molar-refractivity contribution >= 4 is 52.2 Å². The molecule has 3 amide bonds. The highest BCUT2D eigenvalue weighted by molar-refractivity contribution is 6.07. The lowest BCUT2D eigenvalue weighted by molar-refractivity contribution is -0.120. The van der Waals surface area contributed by atoms with Crippen molar-refractivity contribution in [2.24, 2.45) is 14.1 Å². The molecule has 0 unspecified atom stereocenters. The Hall–Kier alpha value is -5.52. The van der Waals surface area contributed by atoms with E-state index in [-0.39, 0.29) is 24.1 Å². The highest BCUT2D eigenvalue weighted by Gasteiger charge is 2.17. The molecule has 3 aromatic heterocycles. The van der Waals surface area contributed by atoms with Crippen LogP contribution in [-0.2, 0) is 30.0 Å². The predicted octanol–water partition coefficient (Wildman–Crippen LogP) is 4.58. The summed E-state index contributed by atoms with van der Waals surface area (Å²) in [6, 6.07) is 20.8. The minimum atomic E-state index is -0.331. The van der Waals surface area contributed by atoms with Gasteiger partial charge < -0.3 is 29.8 Å². The first-order valence-corrected chi connectivity index (χ1v) is 15.9.